The Morgan fingerprint density at radius 3 is 2.76 bits per heavy atom. The smallest absolute Gasteiger partial charge is 0.249 e. The van der Waals surface area contributed by atoms with Crippen LogP contribution in [0.1, 0.15) is 18.7 Å². The summed E-state index contributed by atoms with van der Waals surface area (Å²) in [4.78, 5) is 31.1. The van der Waals surface area contributed by atoms with E-state index in [2.05, 4.69) is 35.6 Å². The van der Waals surface area contributed by atoms with E-state index in [4.69, 9.17) is 0 Å². The first kappa shape index (κ1) is 18.5. The third kappa shape index (κ3) is 3.88. The third-order valence-corrected chi connectivity index (χ3v) is 4.13. The van der Waals surface area contributed by atoms with E-state index < -0.39 is 17.7 Å². The molecule has 4 aromatic rings. The quantitative estimate of drug-likeness (QED) is 0.474. The van der Waals surface area contributed by atoms with Crippen molar-refractivity contribution >= 4 is 28.6 Å². The Kier molecular flexibility index (Phi) is 4.63. The molecule has 0 aliphatic carbocycles. The number of nitrogens with zero attached hydrogens (tertiary/aromatic N) is 5. The van der Waals surface area contributed by atoms with Gasteiger partial charge in [0.2, 0.25) is 11.5 Å². The summed E-state index contributed by atoms with van der Waals surface area (Å²) in [6, 6.07) is 3.05. The maximum absolute atomic E-state index is 14.0. The molecule has 0 spiro atoms. The van der Waals surface area contributed by atoms with Crippen LogP contribution in [0.15, 0.2) is 41.7 Å². The first-order valence-electron chi connectivity index (χ1n) is 8.62. The molecule has 0 amide bonds. The lowest BCUT2D eigenvalue weighted by molar-refractivity contribution is 0.550. The Morgan fingerprint density at radius 1 is 1.21 bits per heavy atom. The first-order valence-corrected chi connectivity index (χ1v) is 8.62. The van der Waals surface area contributed by atoms with Crippen molar-refractivity contribution in [3.05, 3.63) is 64.6 Å². The fraction of sp³-hybridized carbons (Fsp3) is 0.167. The van der Waals surface area contributed by atoms with Crippen LogP contribution in [-0.2, 0) is 7.05 Å². The summed E-state index contributed by atoms with van der Waals surface area (Å²) < 4.78 is 28.9. The van der Waals surface area contributed by atoms with Crippen molar-refractivity contribution in [3.63, 3.8) is 0 Å². The molecule has 0 saturated carbocycles. The zero-order chi connectivity index (χ0) is 20.5. The number of fused-ring (bicyclic) bond motifs is 1. The predicted molar refractivity (Wildman–Crippen MR) is 103 cm³/mol. The maximum Gasteiger partial charge on any atom is 0.249 e. The lowest BCUT2D eigenvalue weighted by Crippen LogP contribution is -2.15. The normalized spacial score (nSPS) is 12.1. The summed E-state index contributed by atoms with van der Waals surface area (Å²) in [5.41, 5.74) is -0.0331. The van der Waals surface area contributed by atoms with E-state index in [0.29, 0.717) is 17.0 Å². The Hall–Kier alpha value is -3.89. The monoisotopic (exact) mass is 398 g/mol. The fourth-order valence-electron chi connectivity index (χ4n) is 2.80. The van der Waals surface area contributed by atoms with Crippen LogP contribution in [-0.4, -0.2) is 29.5 Å². The minimum Gasteiger partial charge on any atom is -0.346 e. The molecule has 0 bridgehead atoms. The molecule has 0 saturated heterocycles. The van der Waals surface area contributed by atoms with E-state index in [1.165, 1.54) is 6.07 Å². The highest BCUT2D eigenvalue weighted by Gasteiger charge is 2.17. The lowest BCUT2D eigenvalue weighted by Gasteiger charge is -2.15. The number of aromatic nitrogens is 6. The third-order valence-electron chi connectivity index (χ3n) is 4.13. The molecule has 4 rings (SSSR count). The van der Waals surface area contributed by atoms with Gasteiger partial charge < -0.3 is 20.2 Å². The lowest BCUT2D eigenvalue weighted by atomic mass is 10.2. The summed E-state index contributed by atoms with van der Waals surface area (Å²) >= 11 is 0. The maximum atomic E-state index is 14.0. The standard InChI is InChI=1S/C18H16F2N8O/c1-9(15-12(20)5-10(19)6-21-15)23-18-26-16(24-13-7-28(2)8-22-13)11-3-4-14(29)25-17(11)27-18/h3-9H,1-2H3,(H3,23,24,25,26,27,29)/t9-/m0/s1. The summed E-state index contributed by atoms with van der Waals surface area (Å²) in [5.74, 6) is -0.488. The van der Waals surface area contributed by atoms with Crippen molar-refractivity contribution < 1.29 is 8.78 Å². The van der Waals surface area contributed by atoms with Crippen molar-refractivity contribution in [2.75, 3.05) is 10.6 Å². The van der Waals surface area contributed by atoms with Gasteiger partial charge in [-0.1, -0.05) is 0 Å². The van der Waals surface area contributed by atoms with E-state index >= 15 is 0 Å². The van der Waals surface area contributed by atoms with Crippen LogP contribution in [0, 0.1) is 11.6 Å². The van der Waals surface area contributed by atoms with E-state index in [-0.39, 0.29) is 22.8 Å². The van der Waals surface area contributed by atoms with Gasteiger partial charge in [0.25, 0.3) is 0 Å². The zero-order valence-electron chi connectivity index (χ0n) is 15.4. The number of aromatic amines is 1. The molecule has 29 heavy (non-hydrogen) atoms. The minimum absolute atomic E-state index is 0.0101. The molecule has 0 aromatic carbocycles. The fourth-order valence-corrected chi connectivity index (χ4v) is 2.80. The first-order chi connectivity index (χ1) is 13.9. The van der Waals surface area contributed by atoms with Gasteiger partial charge in [0.15, 0.2) is 0 Å². The SMILES string of the molecule is C[C@H](Nc1nc(Nc2cn(C)cn2)c2ccc(=O)[nH]c2n1)c1ncc(F)cc1F. The van der Waals surface area contributed by atoms with Crippen LogP contribution in [0.5, 0.6) is 0 Å². The molecule has 0 radical (unpaired) electrons. The molecule has 3 N–H and O–H groups in total. The van der Waals surface area contributed by atoms with Crippen molar-refractivity contribution in [1.82, 2.24) is 29.5 Å². The number of hydrogen-bond donors (Lipinski definition) is 3. The molecule has 11 heteroatoms. The van der Waals surface area contributed by atoms with Crippen LogP contribution in [0.25, 0.3) is 11.0 Å². The zero-order valence-corrected chi connectivity index (χ0v) is 15.4. The van der Waals surface area contributed by atoms with Gasteiger partial charge in [-0.15, -0.1) is 0 Å². The Bertz CT molecular complexity index is 1250. The molecule has 0 aliphatic rings. The van der Waals surface area contributed by atoms with Crippen molar-refractivity contribution in [2.24, 2.45) is 7.05 Å². The van der Waals surface area contributed by atoms with Gasteiger partial charge in [-0.05, 0) is 13.0 Å². The van der Waals surface area contributed by atoms with E-state index in [1.807, 2.05) is 7.05 Å². The average Bonchev–Trinajstić information content (AvgIpc) is 3.06. The molecule has 9 nitrogen and oxygen atoms in total. The molecule has 0 fully saturated rings. The van der Waals surface area contributed by atoms with Crippen LogP contribution >= 0.6 is 0 Å². The molecule has 4 heterocycles. The Labute approximate surface area is 162 Å². The number of rotatable bonds is 5. The number of pyridine rings is 2. The number of aryl methyl sites for hydroxylation is 1. The number of imidazole rings is 1. The number of anilines is 3. The second-order valence-electron chi connectivity index (χ2n) is 6.42. The van der Waals surface area contributed by atoms with Gasteiger partial charge in [-0.3, -0.25) is 9.78 Å². The summed E-state index contributed by atoms with van der Waals surface area (Å²) in [6.45, 7) is 1.64. The molecule has 1 atom stereocenters. The topological polar surface area (TPSA) is 113 Å². The van der Waals surface area contributed by atoms with Gasteiger partial charge in [-0.25, -0.2) is 13.8 Å². The van der Waals surface area contributed by atoms with Crippen LogP contribution < -0.4 is 16.2 Å². The van der Waals surface area contributed by atoms with Crippen molar-refractivity contribution in [2.45, 2.75) is 13.0 Å². The highest BCUT2D eigenvalue weighted by Crippen LogP contribution is 2.25. The number of H-pyrrole nitrogens is 1. The summed E-state index contributed by atoms with van der Waals surface area (Å²) in [5, 5.41) is 6.57. The molecule has 0 aliphatic heterocycles. The second-order valence-corrected chi connectivity index (χ2v) is 6.42. The summed E-state index contributed by atoms with van der Waals surface area (Å²) in [7, 11) is 1.83. The molecule has 0 unspecified atom stereocenters. The van der Waals surface area contributed by atoms with E-state index in [1.54, 1.807) is 30.1 Å². The van der Waals surface area contributed by atoms with Crippen LogP contribution in [0.4, 0.5) is 26.4 Å². The second kappa shape index (κ2) is 7.26. The van der Waals surface area contributed by atoms with Gasteiger partial charge in [-0.2, -0.15) is 9.97 Å². The van der Waals surface area contributed by atoms with Gasteiger partial charge in [0, 0.05) is 25.4 Å². The summed E-state index contributed by atoms with van der Waals surface area (Å²) in [6.07, 6.45) is 4.31. The molecule has 148 valence electrons. The molecule has 4 aromatic heterocycles. The van der Waals surface area contributed by atoms with Gasteiger partial charge in [0.05, 0.1) is 29.6 Å². The molecular formula is C18H16F2N8O. The number of nitrogens with one attached hydrogen (secondary N) is 3. The van der Waals surface area contributed by atoms with Gasteiger partial charge >= 0.3 is 0 Å². The highest BCUT2D eigenvalue weighted by atomic mass is 19.1. The van der Waals surface area contributed by atoms with Crippen LogP contribution in [0.3, 0.4) is 0 Å². The van der Waals surface area contributed by atoms with Crippen molar-refractivity contribution in [1.29, 1.82) is 0 Å². The number of halogens is 2. The number of hydrogen-bond acceptors (Lipinski definition) is 7. The predicted octanol–water partition coefficient (Wildman–Crippen LogP) is 2.64. The average molecular weight is 398 g/mol. The van der Waals surface area contributed by atoms with E-state index in [0.717, 1.165) is 12.3 Å². The van der Waals surface area contributed by atoms with Crippen molar-refractivity contribution in [3.8, 4) is 0 Å². The largest absolute Gasteiger partial charge is 0.346 e. The Balaban J connectivity index is 1.72. The minimum atomic E-state index is -0.786. The highest BCUT2D eigenvalue weighted by molar-refractivity contribution is 5.88. The molecular weight excluding hydrogens is 382 g/mol. The van der Waals surface area contributed by atoms with E-state index in [9.17, 15) is 13.6 Å². The van der Waals surface area contributed by atoms with Gasteiger partial charge in [0.1, 0.15) is 28.9 Å². The van der Waals surface area contributed by atoms with Crippen LogP contribution in [0.2, 0.25) is 0 Å². The Morgan fingerprint density at radius 2 is 2.03 bits per heavy atom.